The number of carbonyl (C=O) groups is 2. The maximum absolute atomic E-state index is 12.5. The molecule has 0 aliphatic rings. The van der Waals surface area contributed by atoms with Crippen molar-refractivity contribution in [1.82, 2.24) is 5.32 Å². The Morgan fingerprint density at radius 1 is 1.00 bits per heavy atom. The number of carboxylic acids is 1. The molecule has 0 spiro atoms. The summed E-state index contributed by atoms with van der Waals surface area (Å²) in [6.45, 7) is 4.08. The van der Waals surface area contributed by atoms with Gasteiger partial charge in [-0.1, -0.05) is 6.07 Å². The van der Waals surface area contributed by atoms with Crippen molar-refractivity contribution < 1.29 is 23.1 Å². The predicted octanol–water partition coefficient (Wildman–Crippen LogP) is 2.70. The summed E-state index contributed by atoms with van der Waals surface area (Å²) in [6.07, 6.45) is 0.301. The number of sulfonamides is 1. The molecule has 27 heavy (non-hydrogen) atoms. The Kier molecular flexibility index (Phi) is 6.57. The highest BCUT2D eigenvalue weighted by Gasteiger charge is 2.15. The maximum atomic E-state index is 12.5. The molecule has 0 saturated heterocycles. The number of carboxylic acid groups (broad SMARTS) is 1. The Morgan fingerprint density at radius 2 is 1.67 bits per heavy atom. The van der Waals surface area contributed by atoms with E-state index in [0.29, 0.717) is 17.7 Å². The lowest BCUT2D eigenvalue weighted by molar-refractivity contribution is -0.137. The average molecular weight is 390 g/mol. The van der Waals surface area contributed by atoms with Crippen LogP contribution in [0.5, 0.6) is 0 Å². The number of rotatable bonds is 8. The van der Waals surface area contributed by atoms with E-state index in [4.69, 9.17) is 5.11 Å². The summed E-state index contributed by atoms with van der Waals surface area (Å²) in [5, 5.41) is 11.2. The summed E-state index contributed by atoms with van der Waals surface area (Å²) in [7, 11) is -3.76. The highest BCUT2D eigenvalue weighted by molar-refractivity contribution is 7.92. The van der Waals surface area contributed by atoms with Crippen molar-refractivity contribution in [2.75, 3.05) is 11.3 Å². The van der Waals surface area contributed by atoms with E-state index in [9.17, 15) is 18.0 Å². The van der Waals surface area contributed by atoms with E-state index in [0.717, 1.165) is 11.1 Å². The summed E-state index contributed by atoms with van der Waals surface area (Å²) in [6, 6.07) is 10.8. The van der Waals surface area contributed by atoms with Crippen LogP contribution in [0.25, 0.3) is 0 Å². The molecule has 0 fully saturated rings. The van der Waals surface area contributed by atoms with Crippen LogP contribution >= 0.6 is 0 Å². The van der Waals surface area contributed by atoms with Crippen molar-refractivity contribution in [3.8, 4) is 0 Å². The molecule has 0 radical (unpaired) electrons. The zero-order chi connectivity index (χ0) is 20.0. The molecule has 0 heterocycles. The van der Waals surface area contributed by atoms with Crippen LogP contribution in [-0.2, 0) is 14.8 Å². The number of carbonyl (C=O) groups excluding carboxylic acids is 1. The number of amides is 1. The first-order valence-corrected chi connectivity index (χ1v) is 9.87. The molecule has 2 aromatic rings. The van der Waals surface area contributed by atoms with Gasteiger partial charge in [0.2, 0.25) is 0 Å². The van der Waals surface area contributed by atoms with Gasteiger partial charge < -0.3 is 10.4 Å². The predicted molar refractivity (Wildman–Crippen MR) is 102 cm³/mol. The molecule has 8 heteroatoms. The molecular weight excluding hydrogens is 368 g/mol. The molecule has 3 N–H and O–H groups in total. The van der Waals surface area contributed by atoms with Crippen molar-refractivity contribution in [3.05, 3.63) is 59.2 Å². The smallest absolute Gasteiger partial charge is 0.303 e. The molecule has 0 aliphatic carbocycles. The molecule has 2 aromatic carbocycles. The number of aliphatic carboxylic acids is 1. The molecule has 0 unspecified atom stereocenters. The zero-order valence-electron chi connectivity index (χ0n) is 15.2. The van der Waals surface area contributed by atoms with Gasteiger partial charge in [-0.15, -0.1) is 0 Å². The number of hydrogen-bond acceptors (Lipinski definition) is 4. The highest BCUT2D eigenvalue weighted by atomic mass is 32.2. The number of nitrogens with one attached hydrogen (secondary N) is 2. The van der Waals surface area contributed by atoms with Gasteiger partial charge in [0, 0.05) is 24.2 Å². The highest BCUT2D eigenvalue weighted by Crippen LogP contribution is 2.19. The quantitative estimate of drug-likeness (QED) is 0.600. The Morgan fingerprint density at radius 3 is 2.26 bits per heavy atom. The van der Waals surface area contributed by atoms with E-state index >= 15 is 0 Å². The lowest BCUT2D eigenvalue weighted by Crippen LogP contribution is -2.25. The molecule has 0 aromatic heterocycles. The molecule has 0 bridgehead atoms. The van der Waals surface area contributed by atoms with E-state index < -0.39 is 16.0 Å². The topological polar surface area (TPSA) is 113 Å². The Balaban J connectivity index is 2.03. The second-order valence-corrected chi connectivity index (χ2v) is 7.86. The molecule has 1 amide bonds. The Bertz CT molecular complexity index is 937. The molecular formula is C19H22N2O5S. The summed E-state index contributed by atoms with van der Waals surface area (Å²) in [4.78, 5) is 22.5. The van der Waals surface area contributed by atoms with E-state index in [-0.39, 0.29) is 23.8 Å². The number of hydrogen-bond donors (Lipinski definition) is 3. The third-order valence-corrected chi connectivity index (χ3v) is 5.44. The number of benzene rings is 2. The van der Waals surface area contributed by atoms with Crippen LogP contribution in [-0.4, -0.2) is 31.9 Å². The van der Waals surface area contributed by atoms with Crippen molar-refractivity contribution in [2.24, 2.45) is 0 Å². The Hall–Kier alpha value is -2.87. The summed E-state index contributed by atoms with van der Waals surface area (Å²) in [5.74, 6) is -1.30. The standard InChI is InChI=1S/C19H22N2O5S/c1-13-5-8-16(12-14(13)2)21-27(25,26)17-9-6-15(7-10-17)19(24)20-11-3-4-18(22)23/h5-10,12,21H,3-4,11H2,1-2H3,(H,20,24)(H,22,23). The van der Waals surface area contributed by atoms with Crippen molar-refractivity contribution in [2.45, 2.75) is 31.6 Å². The Labute approximate surface area is 158 Å². The number of aryl methyl sites for hydroxylation is 2. The van der Waals surface area contributed by atoms with Gasteiger partial charge in [0.1, 0.15) is 0 Å². The van der Waals surface area contributed by atoms with E-state index in [1.165, 1.54) is 24.3 Å². The van der Waals surface area contributed by atoms with Crippen LogP contribution in [0.2, 0.25) is 0 Å². The fourth-order valence-corrected chi connectivity index (χ4v) is 3.40. The third-order valence-electron chi connectivity index (χ3n) is 4.04. The fourth-order valence-electron chi connectivity index (χ4n) is 2.35. The minimum Gasteiger partial charge on any atom is -0.481 e. The van der Waals surface area contributed by atoms with Gasteiger partial charge in [-0.3, -0.25) is 14.3 Å². The molecule has 7 nitrogen and oxygen atoms in total. The first kappa shape index (κ1) is 20.4. The molecule has 0 atom stereocenters. The monoisotopic (exact) mass is 390 g/mol. The van der Waals surface area contributed by atoms with Gasteiger partial charge in [-0.05, 0) is 67.8 Å². The van der Waals surface area contributed by atoms with E-state index in [1.54, 1.807) is 12.1 Å². The normalized spacial score (nSPS) is 11.0. The van der Waals surface area contributed by atoms with Crippen molar-refractivity contribution in [3.63, 3.8) is 0 Å². The summed E-state index contributed by atoms with van der Waals surface area (Å²) in [5.41, 5.74) is 2.82. The average Bonchev–Trinajstić information content (AvgIpc) is 2.61. The van der Waals surface area contributed by atoms with Crippen LogP contribution in [0.1, 0.15) is 34.3 Å². The lowest BCUT2D eigenvalue weighted by atomic mass is 10.1. The fraction of sp³-hybridized carbons (Fsp3) is 0.263. The van der Waals surface area contributed by atoms with Gasteiger partial charge >= 0.3 is 5.97 Å². The summed E-state index contributed by atoms with van der Waals surface area (Å²) >= 11 is 0. The first-order valence-electron chi connectivity index (χ1n) is 8.39. The van der Waals surface area contributed by atoms with Gasteiger partial charge in [0.15, 0.2) is 0 Å². The number of anilines is 1. The molecule has 2 rings (SSSR count). The zero-order valence-corrected chi connectivity index (χ0v) is 16.0. The van der Waals surface area contributed by atoms with E-state index in [1.807, 2.05) is 19.9 Å². The van der Waals surface area contributed by atoms with Gasteiger partial charge in [-0.2, -0.15) is 0 Å². The SMILES string of the molecule is Cc1ccc(NS(=O)(=O)c2ccc(C(=O)NCCCC(=O)O)cc2)cc1C. The van der Waals surface area contributed by atoms with Crippen LogP contribution in [0, 0.1) is 13.8 Å². The largest absolute Gasteiger partial charge is 0.481 e. The van der Waals surface area contributed by atoms with Crippen molar-refractivity contribution in [1.29, 1.82) is 0 Å². The summed E-state index contributed by atoms with van der Waals surface area (Å²) < 4.78 is 27.5. The molecule has 0 saturated carbocycles. The first-order chi connectivity index (χ1) is 12.7. The van der Waals surface area contributed by atoms with Crippen molar-refractivity contribution >= 4 is 27.6 Å². The molecule has 144 valence electrons. The molecule has 0 aliphatic heterocycles. The van der Waals surface area contributed by atoms with Gasteiger partial charge in [-0.25, -0.2) is 8.42 Å². The maximum Gasteiger partial charge on any atom is 0.303 e. The van der Waals surface area contributed by atoms with E-state index in [2.05, 4.69) is 10.0 Å². The third kappa shape index (κ3) is 5.82. The second-order valence-electron chi connectivity index (χ2n) is 6.18. The second kappa shape index (κ2) is 8.68. The van der Waals surface area contributed by atoms with Crippen LogP contribution < -0.4 is 10.0 Å². The lowest BCUT2D eigenvalue weighted by Gasteiger charge is -2.10. The van der Waals surface area contributed by atoms with Gasteiger partial charge in [0.25, 0.3) is 15.9 Å². The van der Waals surface area contributed by atoms with Crippen LogP contribution in [0.4, 0.5) is 5.69 Å². The van der Waals surface area contributed by atoms with Gasteiger partial charge in [0.05, 0.1) is 4.90 Å². The van der Waals surface area contributed by atoms with Crippen LogP contribution in [0.15, 0.2) is 47.4 Å². The van der Waals surface area contributed by atoms with Crippen LogP contribution in [0.3, 0.4) is 0 Å². The minimum atomic E-state index is -3.76. The minimum absolute atomic E-state index is 0.0262.